The van der Waals surface area contributed by atoms with Gasteiger partial charge < -0.3 is 5.11 Å². The number of hydrogen-bond acceptors (Lipinski definition) is 1. The average Bonchev–Trinajstić information content (AvgIpc) is 2.33. The number of carbonyl (C=O) groups is 1. The van der Waals surface area contributed by atoms with E-state index in [9.17, 15) is 4.79 Å². The first kappa shape index (κ1) is 11.4. The topological polar surface area (TPSA) is 37.3 Å². The van der Waals surface area contributed by atoms with E-state index in [0.717, 1.165) is 10.9 Å². The molecule has 0 amide bonds. The van der Waals surface area contributed by atoms with Crippen molar-refractivity contribution in [3.8, 4) is 0 Å². The molecule has 2 aromatic rings. The molecule has 2 rings (SSSR count). The van der Waals surface area contributed by atoms with Gasteiger partial charge in [-0.2, -0.15) is 0 Å². The minimum Gasteiger partial charge on any atom is -0.478 e. The molecule has 2 nitrogen and oxygen atoms in total. The second-order valence-corrected chi connectivity index (χ2v) is 4.15. The van der Waals surface area contributed by atoms with Crippen LogP contribution >= 0.6 is 0 Å². The summed E-state index contributed by atoms with van der Waals surface area (Å²) in [7, 11) is 0. The molecule has 2 heteroatoms. The molecule has 0 fully saturated rings. The van der Waals surface area contributed by atoms with Crippen LogP contribution in [0, 0.1) is 6.92 Å². The summed E-state index contributed by atoms with van der Waals surface area (Å²) < 4.78 is 0. The fourth-order valence-corrected chi connectivity index (χ4v) is 1.89. The second kappa shape index (κ2) is 4.42. The molecular formula is C15H14O2. The van der Waals surface area contributed by atoms with Crippen molar-refractivity contribution >= 4 is 22.8 Å². The average molecular weight is 226 g/mol. The van der Waals surface area contributed by atoms with E-state index in [1.807, 2.05) is 30.3 Å². The predicted molar refractivity (Wildman–Crippen MR) is 70.0 cm³/mol. The lowest BCUT2D eigenvalue weighted by Gasteiger charge is -2.06. The Labute approximate surface area is 100 Å². The second-order valence-electron chi connectivity index (χ2n) is 4.15. The first-order chi connectivity index (χ1) is 8.09. The van der Waals surface area contributed by atoms with E-state index in [4.69, 9.17) is 5.11 Å². The van der Waals surface area contributed by atoms with E-state index >= 15 is 0 Å². The summed E-state index contributed by atoms with van der Waals surface area (Å²) in [4.78, 5) is 10.8. The number of carboxylic acids is 1. The highest BCUT2D eigenvalue weighted by atomic mass is 16.4. The van der Waals surface area contributed by atoms with Gasteiger partial charge in [0.1, 0.15) is 0 Å². The Bertz CT molecular complexity index is 609. The lowest BCUT2D eigenvalue weighted by atomic mass is 9.99. The maximum absolute atomic E-state index is 10.8. The van der Waals surface area contributed by atoms with Crippen molar-refractivity contribution in [2.45, 2.75) is 13.8 Å². The first-order valence-corrected chi connectivity index (χ1v) is 5.49. The molecule has 0 spiro atoms. The third-order valence-corrected chi connectivity index (χ3v) is 2.89. The van der Waals surface area contributed by atoms with Crippen LogP contribution in [-0.2, 0) is 4.79 Å². The Morgan fingerprint density at radius 2 is 1.76 bits per heavy atom. The fraction of sp³-hybridized carbons (Fsp3) is 0.133. The molecule has 2 aromatic carbocycles. The van der Waals surface area contributed by atoms with E-state index < -0.39 is 5.97 Å². The van der Waals surface area contributed by atoms with Gasteiger partial charge in [0, 0.05) is 5.57 Å². The van der Waals surface area contributed by atoms with Gasteiger partial charge in [0.2, 0.25) is 0 Å². The Hall–Kier alpha value is -2.09. The maximum atomic E-state index is 10.8. The quantitative estimate of drug-likeness (QED) is 0.794. The van der Waals surface area contributed by atoms with Gasteiger partial charge in [-0.1, -0.05) is 36.4 Å². The number of aliphatic carboxylic acids is 1. The molecule has 0 atom stereocenters. The zero-order valence-electron chi connectivity index (χ0n) is 9.90. The van der Waals surface area contributed by atoms with Crippen LogP contribution in [0.25, 0.3) is 16.8 Å². The molecule has 0 radical (unpaired) electrons. The molecular weight excluding hydrogens is 212 g/mol. The van der Waals surface area contributed by atoms with E-state index in [0.29, 0.717) is 5.57 Å². The Kier molecular flexibility index (Phi) is 2.96. The van der Waals surface area contributed by atoms with Crippen molar-refractivity contribution in [3.63, 3.8) is 0 Å². The van der Waals surface area contributed by atoms with E-state index in [2.05, 4.69) is 13.0 Å². The zero-order chi connectivity index (χ0) is 12.4. The van der Waals surface area contributed by atoms with Crippen molar-refractivity contribution in [1.29, 1.82) is 0 Å². The van der Waals surface area contributed by atoms with E-state index in [1.165, 1.54) is 10.9 Å². The molecule has 0 aromatic heterocycles. The van der Waals surface area contributed by atoms with Gasteiger partial charge in [-0.15, -0.1) is 0 Å². The molecule has 86 valence electrons. The Balaban J connectivity index is 2.68. The van der Waals surface area contributed by atoms with Crippen LogP contribution in [0.1, 0.15) is 18.1 Å². The number of hydrogen-bond donors (Lipinski definition) is 1. The summed E-state index contributed by atoms with van der Waals surface area (Å²) in [5.41, 5.74) is 2.50. The lowest BCUT2D eigenvalue weighted by molar-refractivity contribution is -0.132. The monoisotopic (exact) mass is 226 g/mol. The van der Waals surface area contributed by atoms with Crippen LogP contribution in [0.2, 0.25) is 0 Å². The van der Waals surface area contributed by atoms with Crippen LogP contribution in [0.4, 0.5) is 0 Å². The summed E-state index contributed by atoms with van der Waals surface area (Å²) in [5, 5.41) is 11.2. The smallest absolute Gasteiger partial charge is 0.331 e. The summed E-state index contributed by atoms with van der Waals surface area (Å²) >= 11 is 0. The van der Waals surface area contributed by atoms with Gasteiger partial charge in [0.15, 0.2) is 0 Å². The molecule has 17 heavy (non-hydrogen) atoms. The predicted octanol–water partition coefficient (Wildman–Crippen LogP) is 3.64. The molecule has 0 heterocycles. The van der Waals surface area contributed by atoms with Gasteiger partial charge in [-0.3, -0.25) is 0 Å². The van der Waals surface area contributed by atoms with Gasteiger partial charge in [-0.05, 0) is 41.8 Å². The summed E-state index contributed by atoms with van der Waals surface area (Å²) in [6, 6.07) is 12.0. The number of aryl methyl sites for hydroxylation is 1. The molecule has 0 aliphatic carbocycles. The van der Waals surface area contributed by atoms with Gasteiger partial charge in [-0.25, -0.2) is 4.79 Å². The molecule has 0 unspecified atom stereocenters. The SMILES string of the molecule is C/C(=C\c1ccc(C)c2ccccc12)C(=O)O. The third kappa shape index (κ3) is 2.21. The van der Waals surface area contributed by atoms with Crippen LogP contribution < -0.4 is 0 Å². The zero-order valence-corrected chi connectivity index (χ0v) is 9.90. The van der Waals surface area contributed by atoms with Crippen LogP contribution in [0.15, 0.2) is 42.0 Å². The Morgan fingerprint density at radius 3 is 2.41 bits per heavy atom. The van der Waals surface area contributed by atoms with Gasteiger partial charge >= 0.3 is 5.97 Å². The summed E-state index contributed by atoms with van der Waals surface area (Å²) in [6.45, 7) is 3.66. The molecule has 0 aliphatic heterocycles. The van der Waals surface area contributed by atoms with Crippen molar-refractivity contribution in [2.75, 3.05) is 0 Å². The standard InChI is InChI=1S/C15H14O2/c1-10-7-8-12(9-11(2)15(16)17)14-6-4-3-5-13(10)14/h3-9H,1-2H3,(H,16,17)/b11-9+. The van der Waals surface area contributed by atoms with Crippen molar-refractivity contribution in [3.05, 3.63) is 53.1 Å². The van der Waals surface area contributed by atoms with Crippen LogP contribution in [-0.4, -0.2) is 11.1 Å². The summed E-state index contributed by atoms with van der Waals surface area (Å²) in [6.07, 6.45) is 1.71. The van der Waals surface area contributed by atoms with Crippen LogP contribution in [0.3, 0.4) is 0 Å². The fourth-order valence-electron chi connectivity index (χ4n) is 1.89. The van der Waals surface area contributed by atoms with Crippen molar-refractivity contribution < 1.29 is 9.90 Å². The summed E-state index contributed by atoms with van der Waals surface area (Å²) in [5.74, 6) is -0.880. The molecule has 0 aliphatic rings. The van der Waals surface area contributed by atoms with E-state index in [1.54, 1.807) is 13.0 Å². The normalized spacial score (nSPS) is 11.8. The number of benzene rings is 2. The number of fused-ring (bicyclic) bond motifs is 1. The van der Waals surface area contributed by atoms with Crippen molar-refractivity contribution in [2.24, 2.45) is 0 Å². The minimum atomic E-state index is -0.880. The Morgan fingerprint density at radius 1 is 1.12 bits per heavy atom. The highest BCUT2D eigenvalue weighted by Crippen LogP contribution is 2.24. The van der Waals surface area contributed by atoms with Gasteiger partial charge in [0.05, 0.1) is 0 Å². The molecule has 0 saturated carbocycles. The highest BCUT2D eigenvalue weighted by Gasteiger charge is 2.04. The maximum Gasteiger partial charge on any atom is 0.331 e. The van der Waals surface area contributed by atoms with Gasteiger partial charge in [0.25, 0.3) is 0 Å². The van der Waals surface area contributed by atoms with Crippen LogP contribution in [0.5, 0.6) is 0 Å². The minimum absolute atomic E-state index is 0.346. The largest absolute Gasteiger partial charge is 0.478 e. The van der Waals surface area contributed by atoms with E-state index in [-0.39, 0.29) is 0 Å². The third-order valence-electron chi connectivity index (χ3n) is 2.89. The molecule has 1 N–H and O–H groups in total. The lowest BCUT2D eigenvalue weighted by Crippen LogP contribution is -1.95. The number of carboxylic acid groups (broad SMARTS) is 1. The van der Waals surface area contributed by atoms with Crippen molar-refractivity contribution in [1.82, 2.24) is 0 Å². The number of rotatable bonds is 2. The highest BCUT2D eigenvalue weighted by molar-refractivity contribution is 5.98. The molecule has 0 bridgehead atoms. The first-order valence-electron chi connectivity index (χ1n) is 5.49. The molecule has 0 saturated heterocycles.